The molecule has 0 spiro atoms. The summed E-state index contributed by atoms with van der Waals surface area (Å²) >= 11 is 0. The molecule has 3 rings (SSSR count). The Balaban J connectivity index is 0.00000341. The maximum atomic E-state index is 13.2. The topological polar surface area (TPSA) is 37.4 Å². The van der Waals surface area contributed by atoms with Crippen LogP contribution < -0.4 is 10.2 Å². The number of nitrogens with one attached hydrogen (secondary N) is 1. The molecule has 1 aromatic carbocycles. The average molecular weight is 547 g/mol. The third-order valence-electron chi connectivity index (χ3n) is 6.16. The Hall–Kier alpha value is -1.13. The smallest absolute Gasteiger partial charge is 0.194 e. The second kappa shape index (κ2) is 14.1. The number of halogens is 2. The Morgan fingerprint density at radius 1 is 0.903 bits per heavy atom. The van der Waals surface area contributed by atoms with E-state index in [4.69, 9.17) is 4.99 Å². The second-order valence-electron chi connectivity index (χ2n) is 8.17. The Labute approximate surface area is 204 Å². The number of likely N-dealkylation sites (N-methyl/N-ethyl adjacent to an activating group) is 1. The SMILES string of the molecule is CCNC(=NCCCCN1CCN(CC)CC1)N1CCN(c2ccc(F)cc2)CC1.I. The maximum absolute atomic E-state index is 13.2. The van der Waals surface area contributed by atoms with Crippen molar-refractivity contribution in [3.63, 3.8) is 0 Å². The number of guanidine groups is 1. The van der Waals surface area contributed by atoms with Gasteiger partial charge >= 0.3 is 0 Å². The van der Waals surface area contributed by atoms with Gasteiger partial charge in [-0.15, -0.1) is 24.0 Å². The van der Waals surface area contributed by atoms with Crippen LogP contribution in [-0.4, -0.2) is 99.2 Å². The minimum atomic E-state index is -0.179. The van der Waals surface area contributed by atoms with Gasteiger partial charge in [-0.05, 0) is 57.1 Å². The molecule has 2 heterocycles. The van der Waals surface area contributed by atoms with Crippen LogP contribution in [0.1, 0.15) is 26.7 Å². The molecule has 0 aromatic heterocycles. The Kier molecular flexibility index (Phi) is 11.9. The highest BCUT2D eigenvalue weighted by molar-refractivity contribution is 14.0. The van der Waals surface area contributed by atoms with Gasteiger partial charge in [-0.1, -0.05) is 6.92 Å². The van der Waals surface area contributed by atoms with Crippen molar-refractivity contribution in [3.05, 3.63) is 30.1 Å². The van der Waals surface area contributed by atoms with Crippen LogP contribution in [0, 0.1) is 5.82 Å². The van der Waals surface area contributed by atoms with E-state index in [1.165, 1.54) is 57.8 Å². The molecule has 8 heteroatoms. The summed E-state index contributed by atoms with van der Waals surface area (Å²) in [6.07, 6.45) is 2.35. The fourth-order valence-corrected chi connectivity index (χ4v) is 4.22. The van der Waals surface area contributed by atoms with Crippen LogP contribution in [0.4, 0.5) is 10.1 Å². The molecule has 0 atom stereocenters. The molecular formula is C23H40FIN6. The average Bonchev–Trinajstić information content (AvgIpc) is 2.79. The number of piperazine rings is 2. The monoisotopic (exact) mass is 546 g/mol. The van der Waals surface area contributed by atoms with E-state index in [0.717, 1.165) is 57.3 Å². The largest absolute Gasteiger partial charge is 0.368 e. The fourth-order valence-electron chi connectivity index (χ4n) is 4.22. The molecule has 2 saturated heterocycles. The van der Waals surface area contributed by atoms with Crippen molar-refractivity contribution in [2.45, 2.75) is 26.7 Å². The van der Waals surface area contributed by atoms with Crippen LogP contribution in [0.5, 0.6) is 0 Å². The third kappa shape index (κ3) is 8.38. The predicted octanol–water partition coefficient (Wildman–Crippen LogP) is 2.95. The minimum absolute atomic E-state index is 0. The lowest BCUT2D eigenvalue weighted by Gasteiger charge is -2.37. The number of nitrogens with zero attached hydrogens (tertiary/aromatic N) is 5. The van der Waals surface area contributed by atoms with Gasteiger partial charge in [0.1, 0.15) is 5.82 Å². The number of unbranched alkanes of at least 4 members (excludes halogenated alkanes) is 1. The summed E-state index contributed by atoms with van der Waals surface area (Å²) in [5.41, 5.74) is 1.10. The van der Waals surface area contributed by atoms with Crippen LogP contribution in [-0.2, 0) is 0 Å². The highest BCUT2D eigenvalue weighted by Gasteiger charge is 2.20. The molecule has 2 fully saturated rings. The molecular weight excluding hydrogens is 506 g/mol. The number of aliphatic imine (C=N–C) groups is 1. The van der Waals surface area contributed by atoms with Crippen molar-refractivity contribution in [2.24, 2.45) is 4.99 Å². The molecule has 0 radical (unpaired) electrons. The normalized spacial score (nSPS) is 18.7. The molecule has 6 nitrogen and oxygen atoms in total. The molecule has 1 N–H and O–H groups in total. The Bertz CT molecular complexity index is 640. The quantitative estimate of drug-likeness (QED) is 0.235. The zero-order chi connectivity index (χ0) is 21.2. The van der Waals surface area contributed by atoms with Gasteiger partial charge < -0.3 is 24.9 Å². The molecule has 31 heavy (non-hydrogen) atoms. The van der Waals surface area contributed by atoms with Crippen molar-refractivity contribution in [1.82, 2.24) is 20.0 Å². The molecule has 2 aliphatic rings. The van der Waals surface area contributed by atoms with E-state index in [1.807, 2.05) is 12.1 Å². The number of rotatable bonds is 8. The van der Waals surface area contributed by atoms with E-state index in [1.54, 1.807) is 0 Å². The molecule has 0 amide bonds. The molecule has 0 bridgehead atoms. The van der Waals surface area contributed by atoms with Crippen LogP contribution in [0.15, 0.2) is 29.3 Å². The highest BCUT2D eigenvalue weighted by atomic mass is 127. The van der Waals surface area contributed by atoms with E-state index in [-0.39, 0.29) is 29.8 Å². The first-order chi connectivity index (χ1) is 14.7. The minimum Gasteiger partial charge on any atom is -0.368 e. The third-order valence-corrected chi connectivity index (χ3v) is 6.16. The van der Waals surface area contributed by atoms with Crippen molar-refractivity contribution >= 4 is 35.6 Å². The predicted molar refractivity (Wildman–Crippen MR) is 139 cm³/mol. The summed E-state index contributed by atoms with van der Waals surface area (Å²) in [5.74, 6) is 0.856. The molecule has 176 valence electrons. The van der Waals surface area contributed by atoms with Crippen molar-refractivity contribution in [2.75, 3.05) is 83.4 Å². The lowest BCUT2D eigenvalue weighted by molar-refractivity contribution is 0.136. The molecule has 2 aliphatic heterocycles. The lowest BCUT2D eigenvalue weighted by Crippen LogP contribution is -2.52. The van der Waals surface area contributed by atoms with Crippen LogP contribution in [0.2, 0.25) is 0 Å². The molecule has 0 aliphatic carbocycles. The van der Waals surface area contributed by atoms with Gasteiger partial charge in [0.25, 0.3) is 0 Å². The summed E-state index contributed by atoms with van der Waals surface area (Å²) in [7, 11) is 0. The van der Waals surface area contributed by atoms with E-state index < -0.39 is 0 Å². The van der Waals surface area contributed by atoms with Gasteiger partial charge in [-0.25, -0.2) is 4.39 Å². The van der Waals surface area contributed by atoms with E-state index in [9.17, 15) is 4.39 Å². The van der Waals surface area contributed by atoms with Crippen molar-refractivity contribution in [1.29, 1.82) is 0 Å². The van der Waals surface area contributed by atoms with Crippen LogP contribution in [0.25, 0.3) is 0 Å². The van der Waals surface area contributed by atoms with Gasteiger partial charge in [0.05, 0.1) is 0 Å². The molecule has 1 aromatic rings. The van der Waals surface area contributed by atoms with E-state index >= 15 is 0 Å². The summed E-state index contributed by atoms with van der Waals surface area (Å²) in [6, 6.07) is 6.81. The number of hydrogen-bond acceptors (Lipinski definition) is 4. The first-order valence-corrected chi connectivity index (χ1v) is 11.7. The lowest BCUT2D eigenvalue weighted by atomic mass is 10.2. The zero-order valence-electron chi connectivity index (χ0n) is 19.2. The molecule has 0 unspecified atom stereocenters. The Morgan fingerprint density at radius 2 is 1.55 bits per heavy atom. The van der Waals surface area contributed by atoms with Crippen molar-refractivity contribution < 1.29 is 4.39 Å². The fraction of sp³-hybridized carbons (Fsp3) is 0.696. The first-order valence-electron chi connectivity index (χ1n) is 11.7. The highest BCUT2D eigenvalue weighted by Crippen LogP contribution is 2.17. The standard InChI is InChI=1S/C23H39FN6.HI/c1-3-25-23(26-11-5-6-12-28-15-13-27(4-2)14-16-28)30-19-17-29(18-20-30)22-9-7-21(24)8-10-22;/h7-10H,3-6,11-20H2,1-2H3,(H,25,26);1H. The summed E-state index contributed by atoms with van der Waals surface area (Å²) in [5, 5.41) is 3.46. The van der Waals surface area contributed by atoms with Crippen molar-refractivity contribution in [3.8, 4) is 0 Å². The Morgan fingerprint density at radius 3 is 2.16 bits per heavy atom. The number of anilines is 1. The second-order valence-corrected chi connectivity index (χ2v) is 8.17. The summed E-state index contributed by atoms with van der Waals surface area (Å²) < 4.78 is 13.2. The van der Waals surface area contributed by atoms with Gasteiger partial charge in [-0.3, -0.25) is 4.99 Å². The maximum Gasteiger partial charge on any atom is 0.194 e. The van der Waals surface area contributed by atoms with Gasteiger partial charge in [-0.2, -0.15) is 0 Å². The molecule has 0 saturated carbocycles. The number of benzene rings is 1. The van der Waals surface area contributed by atoms with Gasteiger partial charge in [0.15, 0.2) is 5.96 Å². The van der Waals surface area contributed by atoms with E-state index in [2.05, 4.69) is 38.8 Å². The summed E-state index contributed by atoms with van der Waals surface area (Å²) in [6.45, 7) is 17.1. The van der Waals surface area contributed by atoms with Crippen LogP contribution in [0.3, 0.4) is 0 Å². The zero-order valence-corrected chi connectivity index (χ0v) is 21.6. The number of hydrogen-bond donors (Lipinski definition) is 1. The van der Waals surface area contributed by atoms with Gasteiger partial charge in [0.2, 0.25) is 0 Å². The summed E-state index contributed by atoms with van der Waals surface area (Å²) in [4.78, 5) is 14.7. The van der Waals surface area contributed by atoms with Crippen LogP contribution >= 0.6 is 24.0 Å². The van der Waals surface area contributed by atoms with E-state index in [0.29, 0.717) is 0 Å². The first kappa shape index (κ1) is 26.1. The van der Waals surface area contributed by atoms with Gasteiger partial charge in [0, 0.05) is 71.1 Å².